The van der Waals surface area contributed by atoms with Crippen molar-refractivity contribution in [2.45, 2.75) is 39.2 Å². The van der Waals surface area contributed by atoms with E-state index in [0.29, 0.717) is 13.0 Å². The van der Waals surface area contributed by atoms with Crippen molar-refractivity contribution in [3.8, 4) is 0 Å². The second-order valence-electron chi connectivity index (χ2n) is 4.08. The lowest BCUT2D eigenvalue weighted by Crippen LogP contribution is -2.04. The van der Waals surface area contributed by atoms with Crippen molar-refractivity contribution in [1.29, 1.82) is 0 Å². The molecule has 1 atom stereocenters. The molecule has 0 bridgehead atoms. The number of rotatable bonds is 6. The van der Waals surface area contributed by atoms with Crippen LogP contribution in [-0.2, 0) is 16.0 Å². The summed E-state index contributed by atoms with van der Waals surface area (Å²) in [5, 5.41) is 9.46. The molecule has 0 aliphatic heterocycles. The molecule has 0 heterocycles. The Morgan fingerprint density at radius 1 is 1.47 bits per heavy atom. The maximum Gasteiger partial charge on any atom is 0.305 e. The largest absolute Gasteiger partial charge is 0.466 e. The van der Waals surface area contributed by atoms with Crippen molar-refractivity contribution in [1.82, 2.24) is 0 Å². The molecule has 1 aromatic carbocycles. The van der Waals surface area contributed by atoms with Gasteiger partial charge in [0.1, 0.15) is 0 Å². The number of benzene rings is 1. The fourth-order valence-electron chi connectivity index (χ4n) is 1.68. The Balaban J connectivity index is 2.41. The van der Waals surface area contributed by atoms with Crippen LogP contribution >= 0.6 is 0 Å². The minimum Gasteiger partial charge on any atom is -0.466 e. The SMILES string of the molecule is CCOC(=O)CCCc1cccc(C(C)O)c1. The van der Waals surface area contributed by atoms with Crippen LogP contribution < -0.4 is 0 Å². The summed E-state index contributed by atoms with van der Waals surface area (Å²) in [6, 6.07) is 7.83. The Kier molecular flexibility index (Phi) is 5.70. The number of hydrogen-bond donors (Lipinski definition) is 1. The van der Waals surface area contributed by atoms with Gasteiger partial charge in [0, 0.05) is 6.42 Å². The van der Waals surface area contributed by atoms with Crippen LogP contribution in [0.1, 0.15) is 43.9 Å². The molecule has 0 aromatic heterocycles. The second-order valence-corrected chi connectivity index (χ2v) is 4.08. The number of hydrogen-bond acceptors (Lipinski definition) is 3. The molecule has 0 aliphatic carbocycles. The summed E-state index contributed by atoms with van der Waals surface area (Å²) in [6.45, 7) is 4.00. The van der Waals surface area contributed by atoms with E-state index < -0.39 is 6.10 Å². The van der Waals surface area contributed by atoms with Crippen molar-refractivity contribution < 1.29 is 14.6 Å². The molecular formula is C14H20O3. The fourth-order valence-corrected chi connectivity index (χ4v) is 1.68. The highest BCUT2D eigenvalue weighted by Crippen LogP contribution is 2.15. The summed E-state index contributed by atoms with van der Waals surface area (Å²) in [6.07, 6.45) is 1.62. The molecule has 1 rings (SSSR count). The molecule has 1 aromatic rings. The van der Waals surface area contributed by atoms with Gasteiger partial charge in [0.25, 0.3) is 0 Å². The smallest absolute Gasteiger partial charge is 0.305 e. The first kappa shape index (κ1) is 13.7. The third kappa shape index (κ3) is 5.00. The number of ether oxygens (including phenoxy) is 1. The van der Waals surface area contributed by atoms with Gasteiger partial charge in [-0.05, 0) is 37.8 Å². The molecule has 0 saturated heterocycles. The van der Waals surface area contributed by atoms with E-state index in [1.54, 1.807) is 6.92 Å². The third-order valence-corrected chi connectivity index (χ3v) is 2.59. The molecule has 0 amide bonds. The number of esters is 1. The summed E-state index contributed by atoms with van der Waals surface area (Å²) >= 11 is 0. The molecule has 1 unspecified atom stereocenters. The fraction of sp³-hybridized carbons (Fsp3) is 0.500. The van der Waals surface area contributed by atoms with Crippen LogP contribution in [0.25, 0.3) is 0 Å². The van der Waals surface area contributed by atoms with Crippen molar-refractivity contribution in [2.75, 3.05) is 6.61 Å². The van der Waals surface area contributed by atoms with Crippen molar-refractivity contribution in [2.24, 2.45) is 0 Å². The zero-order valence-electron chi connectivity index (χ0n) is 10.5. The van der Waals surface area contributed by atoms with Gasteiger partial charge >= 0.3 is 5.97 Å². The van der Waals surface area contributed by atoms with Gasteiger partial charge < -0.3 is 9.84 Å². The maximum atomic E-state index is 11.1. The molecule has 17 heavy (non-hydrogen) atoms. The van der Waals surface area contributed by atoms with Gasteiger partial charge in [0.05, 0.1) is 12.7 Å². The Bertz CT molecular complexity index is 358. The van der Waals surface area contributed by atoms with E-state index in [2.05, 4.69) is 0 Å². The maximum absolute atomic E-state index is 11.1. The Hall–Kier alpha value is -1.35. The van der Waals surface area contributed by atoms with Gasteiger partial charge in [-0.2, -0.15) is 0 Å². The van der Waals surface area contributed by atoms with Crippen LogP contribution in [0.5, 0.6) is 0 Å². The molecule has 0 spiro atoms. The highest BCUT2D eigenvalue weighted by Gasteiger charge is 2.04. The summed E-state index contributed by atoms with van der Waals surface area (Å²) in [5.74, 6) is -0.140. The average Bonchev–Trinajstić information content (AvgIpc) is 2.30. The summed E-state index contributed by atoms with van der Waals surface area (Å²) < 4.78 is 4.86. The van der Waals surface area contributed by atoms with E-state index >= 15 is 0 Å². The zero-order valence-corrected chi connectivity index (χ0v) is 10.5. The lowest BCUT2D eigenvalue weighted by atomic mass is 10.0. The minimum atomic E-state index is -0.444. The van der Waals surface area contributed by atoms with E-state index in [1.807, 2.05) is 31.2 Å². The molecule has 0 fully saturated rings. The van der Waals surface area contributed by atoms with Gasteiger partial charge in [0.15, 0.2) is 0 Å². The van der Waals surface area contributed by atoms with Crippen LogP contribution in [0.3, 0.4) is 0 Å². The first-order chi connectivity index (χ1) is 8.13. The standard InChI is InChI=1S/C14H20O3/c1-3-17-14(16)9-5-7-12-6-4-8-13(10-12)11(2)15/h4,6,8,10-11,15H,3,5,7,9H2,1-2H3. The number of carbonyl (C=O) groups excluding carboxylic acids is 1. The monoisotopic (exact) mass is 236 g/mol. The quantitative estimate of drug-likeness (QED) is 0.772. The third-order valence-electron chi connectivity index (χ3n) is 2.59. The topological polar surface area (TPSA) is 46.5 Å². The summed E-state index contributed by atoms with van der Waals surface area (Å²) in [4.78, 5) is 11.1. The van der Waals surface area contributed by atoms with Crippen LogP contribution in [-0.4, -0.2) is 17.7 Å². The Labute approximate surface area is 102 Å². The van der Waals surface area contributed by atoms with Crippen LogP contribution in [0.4, 0.5) is 0 Å². The van der Waals surface area contributed by atoms with Gasteiger partial charge in [-0.1, -0.05) is 24.3 Å². The van der Waals surface area contributed by atoms with E-state index in [-0.39, 0.29) is 5.97 Å². The Morgan fingerprint density at radius 2 is 2.24 bits per heavy atom. The van der Waals surface area contributed by atoms with E-state index in [1.165, 1.54) is 0 Å². The minimum absolute atomic E-state index is 0.140. The molecular weight excluding hydrogens is 216 g/mol. The lowest BCUT2D eigenvalue weighted by molar-refractivity contribution is -0.143. The Morgan fingerprint density at radius 3 is 2.88 bits per heavy atom. The molecule has 0 aliphatic rings. The van der Waals surface area contributed by atoms with E-state index in [4.69, 9.17) is 4.74 Å². The van der Waals surface area contributed by atoms with Gasteiger partial charge in [-0.3, -0.25) is 4.79 Å². The van der Waals surface area contributed by atoms with Crippen LogP contribution in [0, 0.1) is 0 Å². The number of aliphatic hydroxyl groups is 1. The van der Waals surface area contributed by atoms with Gasteiger partial charge in [-0.15, -0.1) is 0 Å². The molecule has 3 heteroatoms. The zero-order chi connectivity index (χ0) is 12.7. The van der Waals surface area contributed by atoms with E-state index in [9.17, 15) is 9.90 Å². The van der Waals surface area contributed by atoms with Crippen molar-refractivity contribution >= 4 is 5.97 Å². The van der Waals surface area contributed by atoms with Crippen LogP contribution in [0.2, 0.25) is 0 Å². The highest BCUT2D eigenvalue weighted by molar-refractivity contribution is 5.69. The summed E-state index contributed by atoms with van der Waals surface area (Å²) in [7, 11) is 0. The first-order valence-corrected chi connectivity index (χ1v) is 6.06. The summed E-state index contributed by atoms with van der Waals surface area (Å²) in [5.41, 5.74) is 2.06. The van der Waals surface area contributed by atoms with Crippen molar-refractivity contribution in [3.63, 3.8) is 0 Å². The lowest BCUT2D eigenvalue weighted by Gasteiger charge is -2.07. The van der Waals surface area contributed by atoms with Crippen LogP contribution in [0.15, 0.2) is 24.3 Å². The average molecular weight is 236 g/mol. The molecule has 1 N–H and O–H groups in total. The molecule has 94 valence electrons. The highest BCUT2D eigenvalue weighted by atomic mass is 16.5. The van der Waals surface area contributed by atoms with Crippen molar-refractivity contribution in [3.05, 3.63) is 35.4 Å². The normalized spacial score (nSPS) is 12.2. The number of aryl methyl sites for hydroxylation is 1. The molecule has 3 nitrogen and oxygen atoms in total. The molecule has 0 saturated carbocycles. The molecule has 0 radical (unpaired) electrons. The predicted molar refractivity (Wildman–Crippen MR) is 66.6 cm³/mol. The predicted octanol–water partition coefficient (Wildman–Crippen LogP) is 2.63. The second kappa shape index (κ2) is 7.07. The van der Waals surface area contributed by atoms with E-state index in [0.717, 1.165) is 24.0 Å². The first-order valence-electron chi connectivity index (χ1n) is 6.06. The van der Waals surface area contributed by atoms with Gasteiger partial charge in [0.2, 0.25) is 0 Å². The van der Waals surface area contributed by atoms with Gasteiger partial charge in [-0.25, -0.2) is 0 Å². The number of aliphatic hydroxyl groups excluding tert-OH is 1. The number of carbonyl (C=O) groups is 1.